The first kappa shape index (κ1) is 12.9. The zero-order valence-electron chi connectivity index (χ0n) is 11.4. The number of phenols is 1. The lowest BCUT2D eigenvalue weighted by Gasteiger charge is -2.38. The van der Waals surface area contributed by atoms with Crippen molar-refractivity contribution >= 4 is 0 Å². The number of hydrogen-bond donors (Lipinski definition) is 2. The molecule has 0 atom stereocenters. The second-order valence-corrected chi connectivity index (χ2v) is 6.11. The second-order valence-electron chi connectivity index (χ2n) is 6.11. The van der Waals surface area contributed by atoms with Crippen LogP contribution in [0.1, 0.15) is 31.2 Å². The van der Waals surface area contributed by atoms with Gasteiger partial charge in [0.05, 0.1) is 0 Å². The number of rotatable bonds is 5. The molecule has 1 aliphatic heterocycles. The number of benzene rings is 1. The third-order valence-electron chi connectivity index (χ3n) is 4.41. The van der Waals surface area contributed by atoms with Crippen LogP contribution in [-0.4, -0.2) is 30.9 Å². The highest BCUT2D eigenvalue weighted by Crippen LogP contribution is 2.35. The lowest BCUT2D eigenvalue weighted by atomic mass is 9.75. The normalized spacial score (nSPS) is 22.3. The van der Waals surface area contributed by atoms with Gasteiger partial charge in [0.15, 0.2) is 0 Å². The van der Waals surface area contributed by atoms with Crippen molar-refractivity contribution in [1.82, 2.24) is 5.32 Å². The van der Waals surface area contributed by atoms with E-state index in [0.717, 1.165) is 45.1 Å². The molecule has 0 bridgehead atoms. The fourth-order valence-electron chi connectivity index (χ4n) is 2.92. The first-order valence-electron chi connectivity index (χ1n) is 7.35. The third-order valence-corrected chi connectivity index (χ3v) is 4.41. The van der Waals surface area contributed by atoms with Crippen molar-refractivity contribution in [3.63, 3.8) is 0 Å². The zero-order chi connectivity index (χ0) is 13.1. The molecule has 1 heterocycles. The van der Waals surface area contributed by atoms with E-state index in [1.54, 1.807) is 12.1 Å². The fourth-order valence-corrected chi connectivity index (χ4v) is 2.92. The molecule has 1 saturated carbocycles. The van der Waals surface area contributed by atoms with Crippen molar-refractivity contribution in [1.29, 1.82) is 0 Å². The Labute approximate surface area is 115 Å². The van der Waals surface area contributed by atoms with Crippen LogP contribution in [0.2, 0.25) is 0 Å². The number of hydrogen-bond acceptors (Lipinski definition) is 3. The van der Waals surface area contributed by atoms with Gasteiger partial charge >= 0.3 is 0 Å². The molecule has 0 spiro atoms. The maximum atomic E-state index is 9.38. The molecule has 1 aromatic carbocycles. The lowest BCUT2D eigenvalue weighted by Crippen LogP contribution is -2.41. The molecule has 3 rings (SSSR count). The molecule has 19 heavy (non-hydrogen) atoms. The van der Waals surface area contributed by atoms with E-state index in [0.29, 0.717) is 11.2 Å². The van der Waals surface area contributed by atoms with E-state index in [1.807, 2.05) is 12.1 Å². The Morgan fingerprint density at radius 3 is 2.47 bits per heavy atom. The summed E-state index contributed by atoms with van der Waals surface area (Å²) < 4.78 is 5.54. The molecule has 104 valence electrons. The quantitative estimate of drug-likeness (QED) is 0.855. The van der Waals surface area contributed by atoms with Gasteiger partial charge in [-0.2, -0.15) is 0 Å². The smallest absolute Gasteiger partial charge is 0.115 e. The highest BCUT2D eigenvalue weighted by atomic mass is 16.5. The highest BCUT2D eigenvalue weighted by Gasteiger charge is 2.34. The number of ether oxygens (including phenoxy) is 1. The summed E-state index contributed by atoms with van der Waals surface area (Å²) in [5.41, 5.74) is 1.65. The van der Waals surface area contributed by atoms with Gasteiger partial charge in [-0.05, 0) is 55.2 Å². The van der Waals surface area contributed by atoms with Crippen molar-refractivity contribution in [2.24, 2.45) is 5.41 Å². The van der Waals surface area contributed by atoms with Gasteiger partial charge in [-0.25, -0.2) is 0 Å². The standard InChI is InChI=1S/C16H23NO2/c18-15-5-1-13(2-6-15)11-16(7-9-19-10-8-16)12-17-14-3-4-14/h1-2,5-6,14,17-18H,3-4,7-12H2. The predicted octanol–water partition coefficient (Wildman–Crippen LogP) is 2.48. The summed E-state index contributed by atoms with van der Waals surface area (Å²) in [7, 11) is 0. The topological polar surface area (TPSA) is 41.5 Å². The van der Waals surface area contributed by atoms with E-state index < -0.39 is 0 Å². The Hall–Kier alpha value is -1.06. The summed E-state index contributed by atoms with van der Waals surface area (Å²) in [6.45, 7) is 2.86. The van der Waals surface area contributed by atoms with Crippen molar-refractivity contribution in [2.45, 2.75) is 38.1 Å². The van der Waals surface area contributed by atoms with E-state index in [4.69, 9.17) is 4.74 Å². The third kappa shape index (κ3) is 3.48. The van der Waals surface area contributed by atoms with Gasteiger partial charge in [0, 0.05) is 25.8 Å². The monoisotopic (exact) mass is 261 g/mol. The van der Waals surface area contributed by atoms with Crippen LogP contribution in [0, 0.1) is 5.41 Å². The molecule has 1 saturated heterocycles. The molecule has 3 heteroatoms. The van der Waals surface area contributed by atoms with E-state index in [1.165, 1.54) is 18.4 Å². The first-order chi connectivity index (χ1) is 9.26. The summed E-state index contributed by atoms with van der Waals surface area (Å²) in [4.78, 5) is 0. The van der Waals surface area contributed by atoms with Gasteiger partial charge in [0.2, 0.25) is 0 Å². The van der Waals surface area contributed by atoms with Gasteiger partial charge < -0.3 is 15.2 Å². The average molecular weight is 261 g/mol. The van der Waals surface area contributed by atoms with E-state index in [9.17, 15) is 5.11 Å². The molecular weight excluding hydrogens is 238 g/mol. The van der Waals surface area contributed by atoms with Crippen LogP contribution in [0.25, 0.3) is 0 Å². The van der Waals surface area contributed by atoms with Gasteiger partial charge in [0.25, 0.3) is 0 Å². The molecule has 2 aliphatic rings. The Balaban J connectivity index is 1.68. The number of nitrogens with one attached hydrogen (secondary N) is 1. The minimum absolute atomic E-state index is 0.331. The molecule has 0 aromatic heterocycles. The summed E-state index contributed by atoms with van der Waals surface area (Å²) in [5, 5.41) is 13.1. The largest absolute Gasteiger partial charge is 0.508 e. The molecular formula is C16H23NO2. The molecule has 0 radical (unpaired) electrons. The molecule has 0 amide bonds. The van der Waals surface area contributed by atoms with Crippen LogP contribution in [-0.2, 0) is 11.2 Å². The lowest BCUT2D eigenvalue weighted by molar-refractivity contribution is 0.0147. The summed E-state index contributed by atoms with van der Waals surface area (Å²) in [6, 6.07) is 8.43. The SMILES string of the molecule is Oc1ccc(CC2(CNC3CC3)CCOCC2)cc1. The van der Waals surface area contributed by atoms with Gasteiger partial charge in [-0.15, -0.1) is 0 Å². The van der Waals surface area contributed by atoms with Crippen molar-refractivity contribution in [3.05, 3.63) is 29.8 Å². The van der Waals surface area contributed by atoms with E-state index in [-0.39, 0.29) is 0 Å². The maximum Gasteiger partial charge on any atom is 0.115 e. The van der Waals surface area contributed by atoms with E-state index in [2.05, 4.69) is 5.32 Å². The molecule has 1 aliphatic carbocycles. The average Bonchev–Trinajstić information content (AvgIpc) is 3.25. The minimum Gasteiger partial charge on any atom is -0.508 e. The number of aromatic hydroxyl groups is 1. The van der Waals surface area contributed by atoms with Gasteiger partial charge in [-0.3, -0.25) is 0 Å². The first-order valence-corrected chi connectivity index (χ1v) is 7.35. The molecule has 0 unspecified atom stereocenters. The van der Waals surface area contributed by atoms with Crippen LogP contribution in [0.5, 0.6) is 5.75 Å². The van der Waals surface area contributed by atoms with Crippen LogP contribution < -0.4 is 5.32 Å². The Kier molecular flexibility index (Phi) is 3.76. The van der Waals surface area contributed by atoms with Crippen molar-refractivity contribution < 1.29 is 9.84 Å². The summed E-state index contributed by atoms with van der Waals surface area (Å²) >= 11 is 0. The van der Waals surface area contributed by atoms with Crippen LogP contribution in [0.3, 0.4) is 0 Å². The van der Waals surface area contributed by atoms with E-state index >= 15 is 0 Å². The Morgan fingerprint density at radius 2 is 1.84 bits per heavy atom. The molecule has 2 fully saturated rings. The van der Waals surface area contributed by atoms with Crippen LogP contribution in [0.4, 0.5) is 0 Å². The zero-order valence-corrected chi connectivity index (χ0v) is 11.4. The second kappa shape index (κ2) is 5.51. The van der Waals surface area contributed by atoms with Crippen LogP contribution in [0.15, 0.2) is 24.3 Å². The molecule has 2 N–H and O–H groups in total. The van der Waals surface area contributed by atoms with Crippen LogP contribution >= 0.6 is 0 Å². The Morgan fingerprint density at radius 1 is 1.16 bits per heavy atom. The summed E-state index contributed by atoms with van der Waals surface area (Å²) in [5.74, 6) is 0.348. The predicted molar refractivity (Wildman–Crippen MR) is 75.3 cm³/mol. The molecule has 1 aromatic rings. The number of phenolic OH excluding ortho intramolecular Hbond substituents is 1. The Bertz CT molecular complexity index is 405. The minimum atomic E-state index is 0.331. The van der Waals surface area contributed by atoms with Crippen molar-refractivity contribution in [3.8, 4) is 5.75 Å². The highest BCUT2D eigenvalue weighted by molar-refractivity contribution is 5.26. The van der Waals surface area contributed by atoms with Gasteiger partial charge in [0.1, 0.15) is 5.75 Å². The molecule has 3 nitrogen and oxygen atoms in total. The fraction of sp³-hybridized carbons (Fsp3) is 0.625. The maximum absolute atomic E-state index is 9.38. The summed E-state index contributed by atoms with van der Waals surface area (Å²) in [6.07, 6.45) is 6.02. The van der Waals surface area contributed by atoms with Crippen molar-refractivity contribution in [2.75, 3.05) is 19.8 Å². The van der Waals surface area contributed by atoms with Gasteiger partial charge in [-0.1, -0.05) is 12.1 Å².